The van der Waals surface area contributed by atoms with E-state index in [1.807, 2.05) is 48.5 Å². The summed E-state index contributed by atoms with van der Waals surface area (Å²) in [5.74, 6) is 0. The van der Waals surface area contributed by atoms with Gasteiger partial charge in [0.15, 0.2) is 5.69 Å². The van der Waals surface area contributed by atoms with Gasteiger partial charge in [-0.05, 0) is 188 Å². The second kappa shape index (κ2) is 16.3. The van der Waals surface area contributed by atoms with E-state index in [0.29, 0.717) is 27.9 Å². The molecule has 0 bridgehead atoms. The Kier molecular flexibility index (Phi) is 10.2. The molecule has 336 valence electrons. The van der Waals surface area contributed by atoms with Crippen LogP contribution in [0.5, 0.6) is 0 Å². The fraction of sp³-hybridized carbons (Fsp3) is 0.127. The summed E-state index contributed by atoms with van der Waals surface area (Å²) in [6, 6.07) is 54.6. The van der Waals surface area contributed by atoms with E-state index in [1.54, 1.807) is 19.1 Å². The standard InChI is InChI=1S/C63H48F3N3/c1-36-28-39(4)60(40(5)29-36)43-20-25-57-50(32-43)47-15-9-11-18-55(47)68(57)46-23-24-54(67-8)49(35-46)52-34-45(62-38(3)14-13-17-53(62)63(64,65)66)22-27-59(52)69-56-19-12-10-16-48(56)51-33-44(21-26-58(51)69)61-41(6)30-37(2)31-42(61)7/h9-35H,1-7H3. The van der Waals surface area contributed by atoms with Crippen LogP contribution in [0.25, 0.3) is 104 Å². The van der Waals surface area contributed by atoms with Crippen LogP contribution < -0.4 is 0 Å². The summed E-state index contributed by atoms with van der Waals surface area (Å²) in [6.45, 7) is 23.2. The molecule has 0 atom stereocenters. The number of halogens is 3. The van der Waals surface area contributed by atoms with Crippen molar-refractivity contribution in [1.82, 2.24) is 9.13 Å². The smallest absolute Gasteiger partial charge is 0.309 e. The summed E-state index contributed by atoms with van der Waals surface area (Å²) in [7, 11) is 0. The number of alkyl halides is 3. The largest absolute Gasteiger partial charge is 0.417 e. The molecule has 69 heavy (non-hydrogen) atoms. The molecule has 0 aliphatic rings. The lowest BCUT2D eigenvalue weighted by Gasteiger charge is -2.20. The Morgan fingerprint density at radius 3 is 1.45 bits per heavy atom. The van der Waals surface area contributed by atoms with Crippen molar-refractivity contribution in [2.75, 3.05) is 0 Å². The van der Waals surface area contributed by atoms with Crippen molar-refractivity contribution in [2.24, 2.45) is 0 Å². The van der Waals surface area contributed by atoms with Gasteiger partial charge in [-0.2, -0.15) is 13.2 Å². The second-order valence-corrected chi connectivity index (χ2v) is 18.8. The molecule has 0 fully saturated rings. The Morgan fingerprint density at radius 1 is 0.406 bits per heavy atom. The van der Waals surface area contributed by atoms with E-state index >= 15 is 0 Å². The fourth-order valence-corrected chi connectivity index (χ4v) is 11.4. The minimum Gasteiger partial charge on any atom is -0.309 e. The number of para-hydroxylation sites is 2. The molecule has 11 rings (SSSR count). The van der Waals surface area contributed by atoms with E-state index in [2.05, 4.69) is 147 Å². The maximum atomic E-state index is 14.9. The highest BCUT2D eigenvalue weighted by atomic mass is 19.4. The van der Waals surface area contributed by atoms with Gasteiger partial charge in [0.05, 0.1) is 39.9 Å². The molecule has 0 spiro atoms. The average Bonchev–Trinajstić information content (AvgIpc) is 3.82. The van der Waals surface area contributed by atoms with Crippen molar-refractivity contribution in [2.45, 2.75) is 54.6 Å². The molecule has 0 unspecified atom stereocenters. The van der Waals surface area contributed by atoms with Gasteiger partial charge < -0.3 is 9.13 Å². The lowest BCUT2D eigenvalue weighted by molar-refractivity contribution is -0.137. The highest BCUT2D eigenvalue weighted by Crippen LogP contribution is 2.46. The summed E-state index contributed by atoms with van der Waals surface area (Å²) < 4.78 is 49.2. The maximum absolute atomic E-state index is 14.9. The number of aryl methyl sites for hydroxylation is 7. The molecule has 2 aromatic heterocycles. The van der Waals surface area contributed by atoms with E-state index in [-0.39, 0.29) is 5.56 Å². The summed E-state index contributed by atoms with van der Waals surface area (Å²) in [5.41, 5.74) is 19.4. The van der Waals surface area contributed by atoms with Gasteiger partial charge in [-0.15, -0.1) is 0 Å². The Morgan fingerprint density at radius 2 is 0.899 bits per heavy atom. The molecule has 0 saturated heterocycles. The third-order valence-corrected chi connectivity index (χ3v) is 14.0. The predicted molar refractivity (Wildman–Crippen MR) is 281 cm³/mol. The van der Waals surface area contributed by atoms with Gasteiger partial charge in [0, 0.05) is 27.2 Å². The van der Waals surface area contributed by atoms with E-state index in [1.165, 1.54) is 50.6 Å². The molecule has 11 aromatic rings. The summed E-state index contributed by atoms with van der Waals surface area (Å²) in [4.78, 5) is 4.10. The van der Waals surface area contributed by atoms with E-state index in [9.17, 15) is 13.2 Å². The lowest BCUT2D eigenvalue weighted by atomic mass is 9.91. The van der Waals surface area contributed by atoms with Gasteiger partial charge in [0.1, 0.15) is 0 Å². The molecule has 9 aromatic carbocycles. The minimum absolute atomic E-state index is 0.117. The van der Waals surface area contributed by atoms with Gasteiger partial charge >= 0.3 is 6.18 Å². The molecule has 0 aliphatic carbocycles. The number of rotatable bonds is 6. The van der Waals surface area contributed by atoms with Crippen molar-refractivity contribution in [3.05, 3.63) is 220 Å². The molecule has 3 nitrogen and oxygen atoms in total. The first-order chi connectivity index (χ1) is 33.2. The summed E-state index contributed by atoms with van der Waals surface area (Å²) in [5, 5.41) is 4.29. The molecule has 2 heterocycles. The molecule has 0 radical (unpaired) electrons. The van der Waals surface area contributed by atoms with Crippen LogP contribution in [-0.4, -0.2) is 9.13 Å². The maximum Gasteiger partial charge on any atom is 0.417 e. The van der Waals surface area contributed by atoms with Crippen molar-refractivity contribution in [1.29, 1.82) is 0 Å². The first-order valence-electron chi connectivity index (χ1n) is 23.3. The van der Waals surface area contributed by atoms with Crippen molar-refractivity contribution >= 4 is 49.3 Å². The Bertz CT molecular complexity index is 3940. The molecule has 0 saturated carbocycles. The van der Waals surface area contributed by atoms with Crippen molar-refractivity contribution < 1.29 is 13.2 Å². The Balaban J connectivity index is 1.19. The van der Waals surface area contributed by atoms with Crippen LogP contribution in [0.3, 0.4) is 0 Å². The van der Waals surface area contributed by atoms with Gasteiger partial charge in [-0.1, -0.05) is 108 Å². The van der Waals surface area contributed by atoms with Crippen LogP contribution in [0.15, 0.2) is 164 Å². The van der Waals surface area contributed by atoms with Gasteiger partial charge in [-0.3, -0.25) is 0 Å². The predicted octanol–water partition coefficient (Wildman–Crippen LogP) is 18.3. The summed E-state index contributed by atoms with van der Waals surface area (Å²) >= 11 is 0. The van der Waals surface area contributed by atoms with Crippen LogP contribution in [0, 0.1) is 55.0 Å². The van der Waals surface area contributed by atoms with Crippen LogP contribution in [0.4, 0.5) is 18.9 Å². The fourth-order valence-electron chi connectivity index (χ4n) is 11.4. The van der Waals surface area contributed by atoms with E-state index < -0.39 is 11.7 Å². The third kappa shape index (κ3) is 7.11. The van der Waals surface area contributed by atoms with Crippen molar-refractivity contribution in [3.63, 3.8) is 0 Å². The zero-order valence-electron chi connectivity index (χ0n) is 39.6. The Hall–Kier alpha value is -8.14. The highest BCUT2D eigenvalue weighted by Gasteiger charge is 2.34. The van der Waals surface area contributed by atoms with Crippen molar-refractivity contribution in [3.8, 4) is 55.9 Å². The summed E-state index contributed by atoms with van der Waals surface area (Å²) in [6.07, 6.45) is -4.59. The van der Waals surface area contributed by atoms with Gasteiger partial charge in [0.2, 0.25) is 0 Å². The van der Waals surface area contributed by atoms with Crippen LogP contribution in [-0.2, 0) is 6.18 Å². The Labute approximate surface area is 400 Å². The number of nitrogens with zero attached hydrogens (tertiary/aromatic N) is 3. The topological polar surface area (TPSA) is 14.2 Å². The zero-order chi connectivity index (χ0) is 48.0. The van der Waals surface area contributed by atoms with Gasteiger partial charge in [0.25, 0.3) is 0 Å². The SMILES string of the molecule is [C-]#[N+]c1ccc(-n2c3ccccc3c3cc(-c4c(C)cc(C)cc4C)ccc32)cc1-c1cc(-c2c(C)cccc2C(F)(F)F)ccc1-n1c2ccccc2c2cc(-c3c(C)cc(C)cc3C)ccc21. The number of benzene rings is 9. The molecule has 0 amide bonds. The highest BCUT2D eigenvalue weighted by molar-refractivity contribution is 6.12. The van der Waals surface area contributed by atoms with E-state index in [4.69, 9.17) is 6.57 Å². The minimum atomic E-state index is -4.59. The monoisotopic (exact) mass is 903 g/mol. The molecule has 6 heteroatoms. The van der Waals surface area contributed by atoms with Gasteiger partial charge in [-0.25, -0.2) is 4.85 Å². The zero-order valence-corrected chi connectivity index (χ0v) is 39.6. The molecular weight excluding hydrogens is 856 g/mol. The second-order valence-electron chi connectivity index (χ2n) is 18.8. The quantitative estimate of drug-likeness (QED) is 0.148. The van der Waals surface area contributed by atoms with E-state index in [0.717, 1.165) is 72.2 Å². The normalized spacial score (nSPS) is 11.9. The van der Waals surface area contributed by atoms with Crippen LogP contribution in [0.1, 0.15) is 44.5 Å². The number of fused-ring (bicyclic) bond motifs is 6. The molecule has 0 N–H and O–H groups in total. The molecular formula is C63H48F3N3. The number of hydrogen-bond acceptors (Lipinski definition) is 0. The lowest BCUT2D eigenvalue weighted by Crippen LogP contribution is -2.08. The molecule has 0 aliphatic heterocycles. The van der Waals surface area contributed by atoms with Crippen LogP contribution >= 0.6 is 0 Å². The number of hydrogen-bond donors (Lipinski definition) is 0. The first-order valence-corrected chi connectivity index (χ1v) is 23.3. The first kappa shape index (κ1) is 43.4. The van der Waals surface area contributed by atoms with Crippen LogP contribution in [0.2, 0.25) is 0 Å². The average molecular weight is 904 g/mol. The number of aromatic nitrogens is 2. The third-order valence-electron chi connectivity index (χ3n) is 14.0.